The van der Waals surface area contributed by atoms with Gasteiger partial charge in [0.1, 0.15) is 6.04 Å². The van der Waals surface area contributed by atoms with Crippen molar-refractivity contribution in [3.05, 3.63) is 102 Å². The van der Waals surface area contributed by atoms with Gasteiger partial charge in [-0.3, -0.25) is 4.79 Å². The van der Waals surface area contributed by atoms with Gasteiger partial charge in [-0.05, 0) is 42.7 Å². The molecule has 0 aliphatic heterocycles. The van der Waals surface area contributed by atoms with E-state index in [1.807, 2.05) is 67.6 Å². The van der Waals surface area contributed by atoms with Crippen LogP contribution in [0.5, 0.6) is 0 Å². The van der Waals surface area contributed by atoms with Gasteiger partial charge in [-0.1, -0.05) is 66.2 Å². The Labute approximate surface area is 171 Å². The molecule has 0 aliphatic carbocycles. The number of aryl methyl sites for hydroxylation is 1. The molecule has 3 N–H and O–H groups in total. The Kier molecular flexibility index (Phi) is 5.73. The predicted octanol–water partition coefficient (Wildman–Crippen LogP) is 4.99. The summed E-state index contributed by atoms with van der Waals surface area (Å²) < 4.78 is 0. The number of rotatable bonds is 7. The fourth-order valence-corrected chi connectivity index (χ4v) is 3.55. The molecule has 1 amide bonds. The fraction of sp³-hybridized carbons (Fsp3) is 0.160. The highest BCUT2D eigenvalue weighted by atomic mass is 16.2. The number of aromatic nitrogens is 1. The van der Waals surface area contributed by atoms with Gasteiger partial charge in [-0.15, -0.1) is 0 Å². The predicted molar refractivity (Wildman–Crippen MR) is 119 cm³/mol. The number of benzene rings is 3. The molecule has 0 radical (unpaired) electrons. The molecule has 0 saturated heterocycles. The summed E-state index contributed by atoms with van der Waals surface area (Å²) in [5, 5.41) is 7.71. The number of amides is 1. The molecule has 3 aromatic carbocycles. The maximum atomic E-state index is 13.0. The molecule has 146 valence electrons. The smallest absolute Gasteiger partial charge is 0.246 e. The molecule has 29 heavy (non-hydrogen) atoms. The third kappa shape index (κ3) is 4.55. The van der Waals surface area contributed by atoms with Crippen LogP contribution < -0.4 is 10.6 Å². The van der Waals surface area contributed by atoms with E-state index in [-0.39, 0.29) is 5.91 Å². The van der Waals surface area contributed by atoms with Crippen molar-refractivity contribution in [2.75, 3.05) is 11.9 Å². The lowest BCUT2D eigenvalue weighted by Gasteiger charge is -2.19. The molecule has 0 spiro atoms. The summed E-state index contributed by atoms with van der Waals surface area (Å²) in [5.74, 6) is -0.0565. The Morgan fingerprint density at radius 2 is 1.66 bits per heavy atom. The van der Waals surface area contributed by atoms with Crippen LogP contribution >= 0.6 is 0 Å². The van der Waals surface area contributed by atoms with Gasteiger partial charge >= 0.3 is 0 Å². The lowest BCUT2D eigenvalue weighted by molar-refractivity contribution is -0.118. The number of anilines is 1. The first-order chi connectivity index (χ1) is 14.2. The molecular formula is C25H25N3O. The zero-order valence-electron chi connectivity index (χ0n) is 16.5. The van der Waals surface area contributed by atoms with Crippen LogP contribution in [0.1, 0.15) is 22.7 Å². The molecule has 0 fully saturated rings. The van der Waals surface area contributed by atoms with E-state index in [0.717, 1.165) is 23.2 Å². The summed E-state index contributed by atoms with van der Waals surface area (Å²) in [5.41, 5.74) is 5.31. The first-order valence-corrected chi connectivity index (χ1v) is 9.91. The van der Waals surface area contributed by atoms with Crippen molar-refractivity contribution >= 4 is 22.5 Å². The summed E-state index contributed by atoms with van der Waals surface area (Å²) in [4.78, 5) is 16.3. The van der Waals surface area contributed by atoms with Crippen molar-refractivity contribution in [3.8, 4) is 0 Å². The van der Waals surface area contributed by atoms with Crippen LogP contribution in [0.3, 0.4) is 0 Å². The number of hydrogen-bond donors (Lipinski definition) is 3. The van der Waals surface area contributed by atoms with Crippen LogP contribution in [0, 0.1) is 6.92 Å². The van der Waals surface area contributed by atoms with Crippen LogP contribution in [0.25, 0.3) is 10.9 Å². The normalized spacial score (nSPS) is 12.0. The molecular weight excluding hydrogens is 358 g/mol. The monoisotopic (exact) mass is 383 g/mol. The minimum Gasteiger partial charge on any atom is -0.361 e. The highest BCUT2D eigenvalue weighted by Gasteiger charge is 2.20. The van der Waals surface area contributed by atoms with Crippen molar-refractivity contribution in [2.24, 2.45) is 0 Å². The third-order valence-electron chi connectivity index (χ3n) is 5.13. The van der Waals surface area contributed by atoms with Crippen LogP contribution in [0.15, 0.2) is 85.1 Å². The molecule has 1 unspecified atom stereocenters. The van der Waals surface area contributed by atoms with E-state index in [2.05, 4.69) is 40.0 Å². The van der Waals surface area contributed by atoms with E-state index in [1.54, 1.807) is 0 Å². The van der Waals surface area contributed by atoms with Crippen molar-refractivity contribution in [1.82, 2.24) is 10.3 Å². The average molecular weight is 383 g/mol. The first kappa shape index (κ1) is 19.0. The standard InChI is InChI=1S/C25H25N3O/c1-18-11-13-21(14-12-18)28-25(29)24(19-7-3-2-4-8-19)26-16-15-20-17-27-23-10-6-5-9-22(20)23/h2-14,17,24,26-27H,15-16H2,1H3,(H,28,29). The van der Waals surface area contributed by atoms with Crippen molar-refractivity contribution in [3.63, 3.8) is 0 Å². The van der Waals surface area contributed by atoms with E-state index >= 15 is 0 Å². The zero-order chi connectivity index (χ0) is 20.1. The molecule has 4 rings (SSSR count). The minimum atomic E-state index is -0.414. The molecule has 0 aliphatic rings. The number of para-hydroxylation sites is 1. The highest BCUT2D eigenvalue weighted by molar-refractivity contribution is 5.95. The molecule has 1 atom stereocenters. The molecule has 0 saturated carbocycles. The number of nitrogens with one attached hydrogen (secondary N) is 3. The van der Waals surface area contributed by atoms with Crippen LogP contribution in [0.4, 0.5) is 5.69 Å². The van der Waals surface area contributed by atoms with E-state index in [1.165, 1.54) is 16.5 Å². The lowest BCUT2D eigenvalue weighted by atomic mass is 10.0. The maximum Gasteiger partial charge on any atom is 0.246 e. The van der Waals surface area contributed by atoms with E-state index in [9.17, 15) is 4.79 Å². The largest absolute Gasteiger partial charge is 0.361 e. The number of fused-ring (bicyclic) bond motifs is 1. The van der Waals surface area contributed by atoms with Gasteiger partial charge in [0.2, 0.25) is 5.91 Å². The number of carbonyl (C=O) groups excluding carboxylic acids is 1. The zero-order valence-corrected chi connectivity index (χ0v) is 16.5. The van der Waals surface area contributed by atoms with Crippen LogP contribution in [-0.4, -0.2) is 17.4 Å². The molecule has 1 aromatic heterocycles. The summed E-state index contributed by atoms with van der Waals surface area (Å²) in [7, 11) is 0. The lowest BCUT2D eigenvalue weighted by Crippen LogP contribution is -2.34. The molecule has 4 heteroatoms. The summed E-state index contributed by atoms with van der Waals surface area (Å²) in [6.45, 7) is 2.73. The Hall–Kier alpha value is -3.37. The minimum absolute atomic E-state index is 0.0565. The van der Waals surface area contributed by atoms with Crippen molar-refractivity contribution < 1.29 is 4.79 Å². The molecule has 0 bridgehead atoms. The Morgan fingerprint density at radius 3 is 2.45 bits per heavy atom. The quantitative estimate of drug-likeness (QED) is 0.421. The maximum absolute atomic E-state index is 13.0. The Balaban J connectivity index is 1.47. The van der Waals surface area contributed by atoms with Crippen LogP contribution in [-0.2, 0) is 11.2 Å². The van der Waals surface area contributed by atoms with E-state index < -0.39 is 6.04 Å². The average Bonchev–Trinajstić information content (AvgIpc) is 3.16. The van der Waals surface area contributed by atoms with Gasteiger partial charge in [0.25, 0.3) is 0 Å². The molecule has 4 nitrogen and oxygen atoms in total. The van der Waals surface area contributed by atoms with Crippen molar-refractivity contribution in [1.29, 1.82) is 0 Å². The topological polar surface area (TPSA) is 56.9 Å². The number of carbonyl (C=O) groups is 1. The Morgan fingerprint density at radius 1 is 0.931 bits per heavy atom. The van der Waals surface area contributed by atoms with E-state index in [0.29, 0.717) is 6.54 Å². The second-order valence-corrected chi connectivity index (χ2v) is 7.26. The number of aromatic amines is 1. The number of hydrogen-bond acceptors (Lipinski definition) is 2. The third-order valence-corrected chi connectivity index (χ3v) is 5.13. The van der Waals surface area contributed by atoms with Gasteiger partial charge < -0.3 is 15.6 Å². The second-order valence-electron chi connectivity index (χ2n) is 7.26. The SMILES string of the molecule is Cc1ccc(NC(=O)C(NCCc2c[nH]c3ccccc23)c2ccccc2)cc1. The Bertz CT molecular complexity index is 1080. The highest BCUT2D eigenvalue weighted by Crippen LogP contribution is 2.20. The second kappa shape index (κ2) is 8.76. The summed E-state index contributed by atoms with van der Waals surface area (Å²) in [6.07, 6.45) is 2.89. The van der Waals surface area contributed by atoms with Crippen LogP contribution in [0.2, 0.25) is 0 Å². The van der Waals surface area contributed by atoms with E-state index in [4.69, 9.17) is 0 Å². The van der Waals surface area contributed by atoms with Gasteiger partial charge in [-0.2, -0.15) is 0 Å². The van der Waals surface area contributed by atoms with Gasteiger partial charge in [0.05, 0.1) is 0 Å². The fourth-order valence-electron chi connectivity index (χ4n) is 3.55. The molecule has 4 aromatic rings. The van der Waals surface area contributed by atoms with Crippen molar-refractivity contribution in [2.45, 2.75) is 19.4 Å². The molecule has 1 heterocycles. The number of H-pyrrole nitrogens is 1. The van der Waals surface area contributed by atoms with Gasteiger partial charge in [0.15, 0.2) is 0 Å². The summed E-state index contributed by atoms with van der Waals surface area (Å²) in [6, 6.07) is 25.6. The van der Waals surface area contributed by atoms with Gasteiger partial charge in [0, 0.05) is 29.3 Å². The summed E-state index contributed by atoms with van der Waals surface area (Å²) >= 11 is 0. The van der Waals surface area contributed by atoms with Gasteiger partial charge in [-0.25, -0.2) is 0 Å². The first-order valence-electron chi connectivity index (χ1n) is 9.91.